The number of nitrogens with one attached hydrogen (secondary N) is 3. The van der Waals surface area contributed by atoms with Gasteiger partial charge in [0.15, 0.2) is 0 Å². The molecule has 4 rings (SSSR count). The topological polar surface area (TPSA) is 152 Å². The van der Waals surface area contributed by atoms with Crippen LogP contribution in [-0.2, 0) is 45.1 Å². The predicted octanol–water partition coefficient (Wildman–Crippen LogP) is 6.87. The van der Waals surface area contributed by atoms with Gasteiger partial charge < -0.3 is 30.3 Å². The molecule has 0 saturated heterocycles. The Morgan fingerprint density at radius 2 is 1.44 bits per heavy atom. The van der Waals surface area contributed by atoms with Crippen LogP contribution in [0, 0.1) is 5.92 Å². The normalized spacial score (nSPS) is 12.8. The molecule has 1 unspecified atom stereocenters. The minimum Gasteiger partial charge on any atom is -0.465 e. The maximum Gasteiger partial charge on any atom is 0.407 e. The number of esters is 1. The third kappa shape index (κ3) is 14.9. The van der Waals surface area contributed by atoms with Crippen molar-refractivity contribution in [3.63, 3.8) is 0 Å². The third-order valence-corrected chi connectivity index (χ3v) is 10.3. The van der Waals surface area contributed by atoms with Crippen LogP contribution in [0.15, 0.2) is 77.8 Å². The van der Waals surface area contributed by atoms with Gasteiger partial charge in [-0.2, -0.15) is 0 Å². The molecule has 0 spiro atoms. The van der Waals surface area contributed by atoms with Crippen LogP contribution in [0.1, 0.15) is 79.6 Å². The van der Waals surface area contributed by atoms with Crippen molar-refractivity contribution < 1.29 is 28.7 Å². The van der Waals surface area contributed by atoms with Crippen LogP contribution in [0.25, 0.3) is 0 Å². The van der Waals surface area contributed by atoms with Gasteiger partial charge in [-0.1, -0.05) is 88.4 Å². The average Bonchev–Trinajstić information content (AvgIpc) is 3.85. The largest absolute Gasteiger partial charge is 0.465 e. The van der Waals surface area contributed by atoms with Crippen molar-refractivity contribution in [3.05, 3.63) is 104 Å². The van der Waals surface area contributed by atoms with Crippen molar-refractivity contribution in [1.82, 2.24) is 30.8 Å². The molecule has 2 heterocycles. The molecule has 2 aromatic carbocycles. The Bertz CT molecular complexity index is 1740. The summed E-state index contributed by atoms with van der Waals surface area (Å²) in [6.07, 6.45) is 2.80. The highest BCUT2D eigenvalue weighted by Gasteiger charge is 2.29. The van der Waals surface area contributed by atoms with Crippen molar-refractivity contribution in [1.29, 1.82) is 0 Å². The first kappa shape index (κ1) is 41.9. The maximum absolute atomic E-state index is 14.1. The van der Waals surface area contributed by atoms with Gasteiger partial charge in [0.2, 0.25) is 5.91 Å². The molecule has 0 fully saturated rings. The average molecular weight is 777 g/mol. The van der Waals surface area contributed by atoms with Crippen molar-refractivity contribution in [2.24, 2.45) is 5.92 Å². The number of ether oxygens (including phenoxy) is 2. The molecule has 0 radical (unpaired) electrons. The number of aromatic nitrogens is 2. The van der Waals surface area contributed by atoms with E-state index in [4.69, 9.17) is 9.47 Å². The van der Waals surface area contributed by atoms with Crippen molar-refractivity contribution in [2.75, 3.05) is 13.7 Å². The molecule has 12 nitrogen and oxygen atoms in total. The molecule has 3 N–H and O–H groups in total. The first-order valence-electron chi connectivity index (χ1n) is 18.3. The van der Waals surface area contributed by atoms with Gasteiger partial charge in [0.25, 0.3) is 0 Å². The number of benzene rings is 2. The highest BCUT2D eigenvalue weighted by Crippen LogP contribution is 2.20. The zero-order chi connectivity index (χ0) is 38.9. The van der Waals surface area contributed by atoms with Crippen molar-refractivity contribution in [2.45, 2.75) is 97.0 Å². The van der Waals surface area contributed by atoms with Gasteiger partial charge in [0.1, 0.15) is 12.6 Å². The molecule has 4 aromatic rings. The molecule has 4 amide bonds. The summed E-state index contributed by atoms with van der Waals surface area (Å²) >= 11 is 2.95. The lowest BCUT2D eigenvalue weighted by atomic mass is 9.95. The summed E-state index contributed by atoms with van der Waals surface area (Å²) in [5.41, 5.74) is 4.47. The standard InChI is InChI=1S/C40H52N6O6S2/c1-27(2)23-51-36(47)20-35(45-39(49)46(5)22-33-25-53-38(43-33)28(3)4)37(48)42-31(18-29-12-8-6-9-13-29)16-17-32(19-30-14-10-7-11-15-30)44-40(50)52-24-34-21-41-26-54-34/h6-15,21,25-28,31-32,35H,16-20,22-24H2,1-5H3,(H,42,48)(H,44,50)(H,45,49)/t31-,32-,35?/m1/s1. The van der Waals surface area contributed by atoms with Crippen LogP contribution < -0.4 is 16.0 Å². The Morgan fingerprint density at radius 3 is 2.00 bits per heavy atom. The lowest BCUT2D eigenvalue weighted by molar-refractivity contribution is -0.146. The number of hydrogen-bond acceptors (Lipinski definition) is 10. The van der Waals surface area contributed by atoms with E-state index >= 15 is 0 Å². The number of rotatable bonds is 20. The number of carbonyl (C=O) groups is 4. The molecule has 54 heavy (non-hydrogen) atoms. The summed E-state index contributed by atoms with van der Waals surface area (Å²) in [5.74, 6) is -0.722. The summed E-state index contributed by atoms with van der Waals surface area (Å²) in [6.45, 7) is 8.52. The van der Waals surface area contributed by atoms with E-state index in [1.165, 1.54) is 27.6 Å². The number of nitrogens with zero attached hydrogens (tertiary/aromatic N) is 3. The second-order valence-electron chi connectivity index (χ2n) is 14.0. The van der Waals surface area contributed by atoms with Crippen LogP contribution in [-0.4, -0.2) is 70.6 Å². The van der Waals surface area contributed by atoms with Gasteiger partial charge in [-0.3, -0.25) is 14.6 Å². The molecule has 2 aromatic heterocycles. The second kappa shape index (κ2) is 21.8. The second-order valence-corrected chi connectivity index (χ2v) is 15.9. The first-order chi connectivity index (χ1) is 25.9. The molecule has 0 bridgehead atoms. The molecule has 0 aliphatic rings. The number of hydrogen-bond donors (Lipinski definition) is 3. The minimum atomic E-state index is -1.19. The van der Waals surface area contributed by atoms with Gasteiger partial charge in [-0.25, -0.2) is 14.6 Å². The molecule has 0 aliphatic heterocycles. The van der Waals surface area contributed by atoms with Crippen LogP contribution in [0.4, 0.5) is 9.59 Å². The Morgan fingerprint density at radius 1 is 0.815 bits per heavy atom. The van der Waals surface area contributed by atoms with Gasteiger partial charge >= 0.3 is 18.1 Å². The lowest BCUT2D eigenvalue weighted by Crippen LogP contribution is -2.53. The summed E-state index contributed by atoms with van der Waals surface area (Å²) in [4.78, 5) is 64.3. The smallest absolute Gasteiger partial charge is 0.407 e. The Labute approximate surface area is 326 Å². The van der Waals surface area contributed by atoms with E-state index in [1.54, 1.807) is 18.8 Å². The Balaban J connectivity index is 1.49. The molecular formula is C40H52N6O6S2. The molecule has 14 heteroatoms. The first-order valence-corrected chi connectivity index (χ1v) is 20.0. The van der Waals surface area contributed by atoms with Gasteiger partial charge in [0.05, 0.1) is 40.7 Å². The fraction of sp³-hybridized carbons (Fsp3) is 0.450. The fourth-order valence-corrected chi connectivity index (χ4v) is 6.87. The third-order valence-electron chi connectivity index (χ3n) is 8.38. The van der Waals surface area contributed by atoms with E-state index in [1.807, 2.05) is 79.9 Å². The van der Waals surface area contributed by atoms with Gasteiger partial charge in [0, 0.05) is 36.6 Å². The van der Waals surface area contributed by atoms with E-state index in [2.05, 4.69) is 39.8 Å². The Kier molecular flexibility index (Phi) is 16.9. The van der Waals surface area contributed by atoms with Gasteiger partial charge in [-0.05, 0) is 42.7 Å². The van der Waals surface area contributed by atoms with Crippen molar-refractivity contribution >= 4 is 46.7 Å². The summed E-state index contributed by atoms with van der Waals surface area (Å²) < 4.78 is 10.9. The summed E-state index contributed by atoms with van der Waals surface area (Å²) in [7, 11) is 1.62. The summed E-state index contributed by atoms with van der Waals surface area (Å²) in [6, 6.07) is 17.2. The van der Waals surface area contributed by atoms with Gasteiger partial charge in [-0.15, -0.1) is 22.7 Å². The van der Waals surface area contributed by atoms with E-state index in [0.717, 1.165) is 26.7 Å². The number of amides is 4. The SMILES string of the molecule is CC(C)COC(=O)CC(NC(=O)N(C)Cc1csc(C(C)C)n1)C(=O)N[C@H](CC[C@H](Cc1ccccc1)NC(=O)OCc1cncs1)Cc1ccccc1. The highest BCUT2D eigenvalue weighted by molar-refractivity contribution is 7.09. The molecule has 290 valence electrons. The van der Waals surface area contributed by atoms with E-state index < -0.39 is 36.1 Å². The fourth-order valence-electron chi connectivity index (χ4n) is 5.54. The Hall–Kier alpha value is -4.82. The maximum atomic E-state index is 14.1. The number of alkyl carbamates (subject to hydrolysis) is 1. The van der Waals surface area contributed by atoms with E-state index in [9.17, 15) is 19.2 Å². The monoisotopic (exact) mass is 776 g/mol. The quantitative estimate of drug-likeness (QED) is 0.0824. The molecule has 0 aliphatic carbocycles. The molecular weight excluding hydrogens is 725 g/mol. The van der Waals surface area contributed by atoms with E-state index in [0.29, 0.717) is 25.7 Å². The molecule has 3 atom stereocenters. The van der Waals surface area contributed by atoms with Crippen LogP contribution in [0.5, 0.6) is 0 Å². The zero-order valence-corrected chi connectivity index (χ0v) is 33.3. The molecule has 0 saturated carbocycles. The number of urea groups is 1. The highest BCUT2D eigenvalue weighted by atomic mass is 32.1. The van der Waals surface area contributed by atoms with Crippen LogP contribution in [0.3, 0.4) is 0 Å². The van der Waals surface area contributed by atoms with Crippen LogP contribution >= 0.6 is 22.7 Å². The predicted molar refractivity (Wildman–Crippen MR) is 211 cm³/mol. The van der Waals surface area contributed by atoms with Crippen LogP contribution in [0.2, 0.25) is 0 Å². The van der Waals surface area contributed by atoms with Crippen molar-refractivity contribution in [3.8, 4) is 0 Å². The summed E-state index contributed by atoms with van der Waals surface area (Å²) in [5, 5.41) is 11.8. The zero-order valence-electron chi connectivity index (χ0n) is 31.7. The lowest BCUT2D eigenvalue weighted by Gasteiger charge is -2.27. The van der Waals surface area contributed by atoms with E-state index in [-0.39, 0.29) is 44.1 Å². The number of carbonyl (C=O) groups excluding carboxylic acids is 4. The number of thiazole rings is 2. The minimum absolute atomic E-state index is 0.105.